The van der Waals surface area contributed by atoms with E-state index < -0.39 is 0 Å². The predicted octanol–water partition coefficient (Wildman–Crippen LogP) is 2.71. The van der Waals surface area contributed by atoms with Crippen molar-refractivity contribution < 1.29 is 5.11 Å². The van der Waals surface area contributed by atoms with Crippen molar-refractivity contribution in [1.82, 2.24) is 0 Å². The zero-order chi connectivity index (χ0) is 11.5. The Hall–Kier alpha value is -0.510. The van der Waals surface area contributed by atoms with Gasteiger partial charge in [0.2, 0.25) is 0 Å². The maximum absolute atomic E-state index is 9.75. The van der Waals surface area contributed by atoms with Gasteiger partial charge in [-0.25, -0.2) is 0 Å². The molecule has 1 fully saturated rings. The third-order valence-electron chi connectivity index (χ3n) is 3.11. The molecule has 1 aliphatic carbocycles. The first-order valence-corrected chi connectivity index (χ1v) is 6.75. The molecule has 88 valence electrons. The Labute approximate surface area is 101 Å². The lowest BCUT2D eigenvalue weighted by Gasteiger charge is -2.14. The van der Waals surface area contributed by atoms with E-state index in [1.807, 2.05) is 6.92 Å². The van der Waals surface area contributed by atoms with Gasteiger partial charge in [-0.2, -0.15) is 0 Å². The van der Waals surface area contributed by atoms with Crippen LogP contribution in [0, 0.1) is 0 Å². The van der Waals surface area contributed by atoms with E-state index in [1.165, 1.54) is 4.90 Å². The van der Waals surface area contributed by atoms with Gasteiger partial charge < -0.3 is 10.8 Å². The van der Waals surface area contributed by atoms with Gasteiger partial charge in [0.05, 0.1) is 6.10 Å². The number of hydrogen-bond donors (Lipinski definition) is 2. The molecule has 0 heterocycles. The summed E-state index contributed by atoms with van der Waals surface area (Å²) >= 11 is 1.79. The van der Waals surface area contributed by atoms with E-state index in [9.17, 15) is 5.11 Å². The molecule has 0 bridgehead atoms. The van der Waals surface area contributed by atoms with Crippen LogP contribution in [-0.2, 0) is 0 Å². The summed E-state index contributed by atoms with van der Waals surface area (Å²) in [5, 5.41) is 10.1. The van der Waals surface area contributed by atoms with Crippen molar-refractivity contribution in [1.29, 1.82) is 0 Å². The highest BCUT2D eigenvalue weighted by molar-refractivity contribution is 8.00. The summed E-state index contributed by atoms with van der Waals surface area (Å²) < 4.78 is 0. The number of aliphatic hydroxyl groups excluding tert-OH is 1. The normalized spacial score (nSPS) is 26.9. The van der Waals surface area contributed by atoms with Crippen LogP contribution in [0.2, 0.25) is 0 Å². The Bertz CT molecular complexity index is 336. The lowest BCUT2D eigenvalue weighted by Crippen LogP contribution is -2.14. The Morgan fingerprint density at radius 1 is 1.31 bits per heavy atom. The zero-order valence-corrected chi connectivity index (χ0v) is 10.4. The number of aliphatic hydroxyl groups is 1. The minimum absolute atomic E-state index is 0.0936. The summed E-state index contributed by atoms with van der Waals surface area (Å²) in [6.07, 6.45) is 3.10. The van der Waals surface area contributed by atoms with Crippen LogP contribution in [0.1, 0.15) is 37.8 Å². The second kappa shape index (κ2) is 5.21. The highest BCUT2D eigenvalue weighted by Crippen LogP contribution is 2.35. The van der Waals surface area contributed by atoms with E-state index in [0.29, 0.717) is 5.25 Å². The fourth-order valence-electron chi connectivity index (χ4n) is 2.07. The molecule has 3 atom stereocenters. The topological polar surface area (TPSA) is 46.2 Å². The van der Waals surface area contributed by atoms with Crippen LogP contribution < -0.4 is 5.73 Å². The molecule has 1 aliphatic rings. The molecule has 0 spiro atoms. The molecule has 3 heteroatoms. The molecule has 2 rings (SSSR count). The van der Waals surface area contributed by atoms with Gasteiger partial charge in [0.25, 0.3) is 0 Å². The molecule has 0 amide bonds. The first kappa shape index (κ1) is 12.0. The fraction of sp³-hybridized carbons (Fsp3) is 0.538. The molecule has 0 aliphatic heterocycles. The minimum atomic E-state index is -0.127. The predicted molar refractivity (Wildman–Crippen MR) is 68.5 cm³/mol. The van der Waals surface area contributed by atoms with E-state index in [2.05, 4.69) is 24.3 Å². The van der Waals surface area contributed by atoms with Crippen molar-refractivity contribution in [2.45, 2.75) is 48.5 Å². The van der Waals surface area contributed by atoms with Gasteiger partial charge in [-0.3, -0.25) is 0 Å². The third kappa shape index (κ3) is 2.78. The highest BCUT2D eigenvalue weighted by atomic mass is 32.2. The van der Waals surface area contributed by atoms with Gasteiger partial charge in [0, 0.05) is 16.2 Å². The standard InChI is InChI=1S/C13H19NOS/c1-9(14)10-5-7-11(8-6-10)16-13-4-2-3-12(13)15/h5-9,12-13,15H,2-4,14H2,1H3. The lowest BCUT2D eigenvalue weighted by molar-refractivity contribution is 0.188. The first-order chi connectivity index (χ1) is 7.66. The molecular formula is C13H19NOS. The maximum atomic E-state index is 9.75. The monoisotopic (exact) mass is 237 g/mol. The van der Waals surface area contributed by atoms with E-state index >= 15 is 0 Å². The minimum Gasteiger partial charge on any atom is -0.392 e. The average Bonchev–Trinajstić information content (AvgIpc) is 2.65. The number of nitrogens with two attached hydrogens (primary N) is 1. The Balaban J connectivity index is 1.99. The van der Waals surface area contributed by atoms with Gasteiger partial charge in [0.15, 0.2) is 0 Å². The quantitative estimate of drug-likeness (QED) is 0.849. The first-order valence-electron chi connectivity index (χ1n) is 5.87. The van der Waals surface area contributed by atoms with E-state index in [1.54, 1.807) is 11.8 Å². The maximum Gasteiger partial charge on any atom is 0.0662 e. The summed E-state index contributed by atoms with van der Waals surface area (Å²) in [5.41, 5.74) is 6.97. The van der Waals surface area contributed by atoms with Crippen molar-refractivity contribution >= 4 is 11.8 Å². The Morgan fingerprint density at radius 3 is 2.50 bits per heavy atom. The van der Waals surface area contributed by atoms with Gasteiger partial charge >= 0.3 is 0 Å². The molecular weight excluding hydrogens is 218 g/mol. The molecule has 1 saturated carbocycles. The SMILES string of the molecule is CC(N)c1ccc(SC2CCCC2O)cc1. The smallest absolute Gasteiger partial charge is 0.0662 e. The van der Waals surface area contributed by atoms with Crippen LogP contribution in [0.15, 0.2) is 29.2 Å². The van der Waals surface area contributed by atoms with Crippen LogP contribution in [-0.4, -0.2) is 16.5 Å². The van der Waals surface area contributed by atoms with Gasteiger partial charge in [0.1, 0.15) is 0 Å². The summed E-state index contributed by atoms with van der Waals surface area (Å²) in [4.78, 5) is 1.23. The molecule has 2 nitrogen and oxygen atoms in total. The van der Waals surface area contributed by atoms with Crippen LogP contribution in [0.4, 0.5) is 0 Å². The molecule has 1 aromatic rings. The zero-order valence-electron chi connectivity index (χ0n) is 9.60. The lowest BCUT2D eigenvalue weighted by atomic mass is 10.1. The van der Waals surface area contributed by atoms with Crippen LogP contribution in [0.5, 0.6) is 0 Å². The number of rotatable bonds is 3. The molecule has 3 N–H and O–H groups in total. The third-order valence-corrected chi connectivity index (χ3v) is 4.51. The van der Waals surface area contributed by atoms with Crippen molar-refractivity contribution in [3.8, 4) is 0 Å². The number of thioether (sulfide) groups is 1. The Morgan fingerprint density at radius 2 is 2.00 bits per heavy atom. The van der Waals surface area contributed by atoms with Crippen LogP contribution in [0.25, 0.3) is 0 Å². The van der Waals surface area contributed by atoms with E-state index in [4.69, 9.17) is 5.73 Å². The van der Waals surface area contributed by atoms with Crippen molar-refractivity contribution in [2.24, 2.45) is 5.73 Å². The van der Waals surface area contributed by atoms with E-state index in [0.717, 1.165) is 24.8 Å². The molecule has 3 unspecified atom stereocenters. The molecule has 0 saturated heterocycles. The molecule has 0 aromatic heterocycles. The highest BCUT2D eigenvalue weighted by Gasteiger charge is 2.25. The van der Waals surface area contributed by atoms with Gasteiger partial charge in [-0.1, -0.05) is 12.1 Å². The average molecular weight is 237 g/mol. The van der Waals surface area contributed by atoms with Gasteiger partial charge in [-0.15, -0.1) is 11.8 Å². The summed E-state index contributed by atoms with van der Waals surface area (Å²) in [5.74, 6) is 0. The van der Waals surface area contributed by atoms with Crippen molar-refractivity contribution in [3.63, 3.8) is 0 Å². The largest absolute Gasteiger partial charge is 0.392 e. The molecule has 1 aromatic carbocycles. The summed E-state index contributed by atoms with van der Waals surface area (Å²) in [7, 11) is 0. The van der Waals surface area contributed by atoms with Crippen molar-refractivity contribution in [2.75, 3.05) is 0 Å². The van der Waals surface area contributed by atoms with Crippen LogP contribution in [0.3, 0.4) is 0 Å². The second-order valence-electron chi connectivity index (χ2n) is 4.51. The van der Waals surface area contributed by atoms with Crippen molar-refractivity contribution in [3.05, 3.63) is 29.8 Å². The molecule has 16 heavy (non-hydrogen) atoms. The summed E-state index contributed by atoms with van der Waals surface area (Å²) in [6, 6.07) is 8.46. The Kier molecular flexibility index (Phi) is 3.90. The summed E-state index contributed by atoms with van der Waals surface area (Å²) in [6.45, 7) is 1.99. The number of benzene rings is 1. The molecule has 0 radical (unpaired) electrons. The van der Waals surface area contributed by atoms with Crippen LogP contribution >= 0.6 is 11.8 Å². The fourth-order valence-corrected chi connectivity index (χ4v) is 3.29. The van der Waals surface area contributed by atoms with E-state index in [-0.39, 0.29) is 12.1 Å². The number of hydrogen-bond acceptors (Lipinski definition) is 3. The van der Waals surface area contributed by atoms with Gasteiger partial charge in [-0.05, 0) is 43.9 Å². The second-order valence-corrected chi connectivity index (χ2v) is 5.82.